The number of nitrogens with zero attached hydrogens (tertiary/aromatic N) is 4. The molecule has 0 bridgehead atoms. The summed E-state index contributed by atoms with van der Waals surface area (Å²) in [4.78, 5) is 10.8. The van der Waals surface area contributed by atoms with Crippen molar-refractivity contribution in [1.29, 1.82) is 0 Å². The Morgan fingerprint density at radius 2 is 2.24 bits per heavy atom. The maximum atomic E-state index is 5.37. The largest absolute Gasteiger partial charge is 0.354 e. The van der Waals surface area contributed by atoms with Crippen molar-refractivity contribution < 1.29 is 0 Å². The van der Waals surface area contributed by atoms with Gasteiger partial charge in [-0.2, -0.15) is 15.1 Å². The second-order valence-electron chi connectivity index (χ2n) is 4.03. The number of hydrazine groups is 1. The fourth-order valence-electron chi connectivity index (χ4n) is 1.86. The first-order valence-electron chi connectivity index (χ1n) is 5.61. The van der Waals surface area contributed by atoms with Crippen LogP contribution in [-0.4, -0.2) is 32.8 Å². The summed E-state index contributed by atoms with van der Waals surface area (Å²) < 4.78 is 0. The lowest BCUT2D eigenvalue weighted by Crippen LogP contribution is -2.31. The number of nitrogen functional groups attached to an aromatic ring is 1. The molecule has 0 saturated carbocycles. The number of aromatic nitrogens is 4. The summed E-state index contributed by atoms with van der Waals surface area (Å²) in [6.45, 7) is 7.18. The molecule has 7 heteroatoms. The van der Waals surface area contributed by atoms with Crippen LogP contribution in [0.1, 0.15) is 20.8 Å². The monoisotopic (exact) mass is 235 g/mol. The van der Waals surface area contributed by atoms with Crippen molar-refractivity contribution >= 4 is 22.8 Å². The van der Waals surface area contributed by atoms with Gasteiger partial charge in [0.15, 0.2) is 5.65 Å². The zero-order chi connectivity index (χ0) is 12.4. The first-order valence-corrected chi connectivity index (χ1v) is 5.61. The van der Waals surface area contributed by atoms with Crippen LogP contribution >= 0.6 is 0 Å². The van der Waals surface area contributed by atoms with Crippen molar-refractivity contribution in [3.05, 3.63) is 6.20 Å². The van der Waals surface area contributed by atoms with Crippen molar-refractivity contribution in [3.8, 4) is 0 Å². The molecule has 7 nitrogen and oxygen atoms in total. The number of anilines is 2. The maximum Gasteiger partial charge on any atom is 0.241 e. The third-order valence-electron chi connectivity index (χ3n) is 2.65. The summed E-state index contributed by atoms with van der Waals surface area (Å²) in [5, 5.41) is 7.72. The highest BCUT2D eigenvalue weighted by molar-refractivity contribution is 5.87. The zero-order valence-corrected chi connectivity index (χ0v) is 10.2. The minimum atomic E-state index is 0.346. The Bertz CT molecular complexity index is 504. The van der Waals surface area contributed by atoms with E-state index >= 15 is 0 Å². The molecule has 17 heavy (non-hydrogen) atoms. The van der Waals surface area contributed by atoms with Crippen LogP contribution in [0.4, 0.5) is 11.8 Å². The lowest BCUT2D eigenvalue weighted by atomic mass is 10.3. The van der Waals surface area contributed by atoms with Gasteiger partial charge in [0.2, 0.25) is 5.95 Å². The van der Waals surface area contributed by atoms with E-state index in [1.54, 1.807) is 6.20 Å². The number of aromatic amines is 1. The summed E-state index contributed by atoms with van der Waals surface area (Å²) in [5.41, 5.74) is 3.15. The summed E-state index contributed by atoms with van der Waals surface area (Å²) in [6.07, 6.45) is 1.73. The van der Waals surface area contributed by atoms with Gasteiger partial charge in [-0.25, -0.2) is 5.84 Å². The minimum absolute atomic E-state index is 0.346. The van der Waals surface area contributed by atoms with E-state index in [0.717, 1.165) is 17.7 Å². The Labute approximate surface area is 99.4 Å². The third kappa shape index (κ3) is 2.01. The molecule has 0 fully saturated rings. The molecule has 0 atom stereocenters. The van der Waals surface area contributed by atoms with Crippen molar-refractivity contribution in [2.24, 2.45) is 5.84 Å². The standard InChI is InChI=1S/C10H17N7/c1-4-17(6(2)3)9-7-5-12-16-8(7)13-10(14-9)15-11/h5-6H,4,11H2,1-3H3,(H2,12,13,14,15,16). The van der Waals surface area contributed by atoms with Gasteiger partial charge in [-0.15, -0.1) is 0 Å². The molecule has 4 N–H and O–H groups in total. The highest BCUT2D eigenvalue weighted by Gasteiger charge is 2.16. The molecule has 0 aliphatic rings. The molecule has 0 aliphatic carbocycles. The topological polar surface area (TPSA) is 95.8 Å². The number of nitrogens with one attached hydrogen (secondary N) is 2. The number of nitrogens with two attached hydrogens (primary N) is 1. The first-order chi connectivity index (χ1) is 8.17. The summed E-state index contributed by atoms with van der Waals surface area (Å²) in [7, 11) is 0. The summed E-state index contributed by atoms with van der Waals surface area (Å²) in [6, 6.07) is 0.346. The minimum Gasteiger partial charge on any atom is -0.354 e. The van der Waals surface area contributed by atoms with Crippen LogP contribution in [0, 0.1) is 0 Å². The van der Waals surface area contributed by atoms with Gasteiger partial charge in [0, 0.05) is 12.6 Å². The molecule has 0 saturated heterocycles. The molecule has 2 rings (SSSR count). The number of hydrogen-bond acceptors (Lipinski definition) is 6. The van der Waals surface area contributed by atoms with Crippen LogP contribution in [0.3, 0.4) is 0 Å². The molecule has 0 unspecified atom stereocenters. The van der Waals surface area contributed by atoms with E-state index in [1.165, 1.54) is 0 Å². The van der Waals surface area contributed by atoms with Crippen molar-refractivity contribution in [3.63, 3.8) is 0 Å². The molecule has 2 heterocycles. The molecule has 92 valence electrons. The van der Waals surface area contributed by atoms with Crippen LogP contribution in [0.5, 0.6) is 0 Å². The third-order valence-corrected chi connectivity index (χ3v) is 2.65. The van der Waals surface area contributed by atoms with Crippen LogP contribution in [0.15, 0.2) is 6.20 Å². The molecule has 2 aromatic heterocycles. The van der Waals surface area contributed by atoms with Gasteiger partial charge in [0.25, 0.3) is 0 Å². The fourth-order valence-corrected chi connectivity index (χ4v) is 1.86. The van der Waals surface area contributed by atoms with Crippen LogP contribution < -0.4 is 16.2 Å². The van der Waals surface area contributed by atoms with Gasteiger partial charge >= 0.3 is 0 Å². The normalized spacial score (nSPS) is 11.1. The molecule has 0 radical (unpaired) electrons. The molecule has 2 aromatic rings. The molecule has 0 aromatic carbocycles. The molecular weight excluding hydrogens is 218 g/mol. The SMILES string of the molecule is CCN(c1nc(NN)nc2[nH]ncc12)C(C)C. The number of fused-ring (bicyclic) bond motifs is 1. The van der Waals surface area contributed by atoms with Crippen LogP contribution in [-0.2, 0) is 0 Å². The van der Waals surface area contributed by atoms with Gasteiger partial charge in [0.05, 0.1) is 11.6 Å². The highest BCUT2D eigenvalue weighted by atomic mass is 15.3. The average molecular weight is 235 g/mol. The predicted molar refractivity (Wildman–Crippen MR) is 67.6 cm³/mol. The van der Waals surface area contributed by atoms with Crippen molar-refractivity contribution in [2.45, 2.75) is 26.8 Å². The van der Waals surface area contributed by atoms with Gasteiger partial charge in [-0.05, 0) is 20.8 Å². The Balaban J connectivity index is 2.60. The second-order valence-corrected chi connectivity index (χ2v) is 4.03. The van der Waals surface area contributed by atoms with Gasteiger partial charge in [-0.1, -0.05) is 0 Å². The zero-order valence-electron chi connectivity index (χ0n) is 10.2. The smallest absolute Gasteiger partial charge is 0.241 e. The number of rotatable bonds is 4. The molecule has 0 amide bonds. The summed E-state index contributed by atoms with van der Waals surface area (Å²) in [5.74, 6) is 6.60. The van der Waals surface area contributed by atoms with Crippen molar-refractivity contribution in [2.75, 3.05) is 16.9 Å². The maximum absolute atomic E-state index is 5.37. The fraction of sp³-hybridized carbons (Fsp3) is 0.500. The van der Waals surface area contributed by atoms with E-state index < -0.39 is 0 Å². The summed E-state index contributed by atoms with van der Waals surface area (Å²) >= 11 is 0. The van der Waals surface area contributed by atoms with E-state index in [1.807, 2.05) is 0 Å². The lowest BCUT2D eigenvalue weighted by molar-refractivity contribution is 0.696. The van der Waals surface area contributed by atoms with Gasteiger partial charge < -0.3 is 4.90 Å². The number of H-pyrrole nitrogens is 1. The van der Waals surface area contributed by atoms with Gasteiger partial charge in [-0.3, -0.25) is 10.5 Å². The predicted octanol–water partition coefficient (Wildman–Crippen LogP) is 0.873. The average Bonchev–Trinajstić information content (AvgIpc) is 2.77. The quantitative estimate of drug-likeness (QED) is 0.537. The van der Waals surface area contributed by atoms with E-state index in [0.29, 0.717) is 17.6 Å². The molecule has 0 aliphatic heterocycles. The Morgan fingerprint density at radius 3 is 2.82 bits per heavy atom. The number of hydrogen-bond donors (Lipinski definition) is 3. The highest BCUT2D eigenvalue weighted by Crippen LogP contribution is 2.24. The van der Waals surface area contributed by atoms with E-state index in [9.17, 15) is 0 Å². The molecule has 0 spiro atoms. The van der Waals surface area contributed by atoms with E-state index in [-0.39, 0.29) is 0 Å². The molecular formula is C10H17N7. The Morgan fingerprint density at radius 1 is 1.47 bits per heavy atom. The van der Waals surface area contributed by atoms with E-state index in [4.69, 9.17) is 5.84 Å². The van der Waals surface area contributed by atoms with Crippen LogP contribution in [0.2, 0.25) is 0 Å². The Kier molecular flexibility index (Phi) is 3.10. The van der Waals surface area contributed by atoms with Crippen LogP contribution in [0.25, 0.3) is 11.0 Å². The van der Waals surface area contributed by atoms with E-state index in [2.05, 4.69) is 51.3 Å². The van der Waals surface area contributed by atoms with Crippen molar-refractivity contribution in [1.82, 2.24) is 20.2 Å². The second kappa shape index (κ2) is 4.54. The van der Waals surface area contributed by atoms with Gasteiger partial charge in [0.1, 0.15) is 5.82 Å². The first kappa shape index (κ1) is 11.6. The lowest BCUT2D eigenvalue weighted by Gasteiger charge is -2.26. The Hall–Kier alpha value is -1.89.